The summed E-state index contributed by atoms with van der Waals surface area (Å²) < 4.78 is 13.5. The predicted octanol–water partition coefficient (Wildman–Crippen LogP) is 3.56. The van der Waals surface area contributed by atoms with Crippen LogP contribution in [0.15, 0.2) is 30.5 Å². The molecule has 1 aromatic carbocycles. The third kappa shape index (κ3) is 2.89. The zero-order valence-corrected chi connectivity index (χ0v) is 11.1. The maximum atomic E-state index is 13.5. The SMILES string of the molecule is CN(Cc1ccccc1F)c1nc(Cl)ncc1Cl. The molecule has 0 spiro atoms. The number of aromatic nitrogens is 2. The first-order valence-corrected chi connectivity index (χ1v) is 5.96. The fourth-order valence-corrected chi connectivity index (χ4v) is 1.93. The second kappa shape index (κ2) is 5.50. The molecule has 0 aliphatic heterocycles. The van der Waals surface area contributed by atoms with Crippen molar-refractivity contribution in [2.24, 2.45) is 0 Å². The average molecular weight is 286 g/mol. The number of nitrogens with zero attached hydrogens (tertiary/aromatic N) is 3. The van der Waals surface area contributed by atoms with Gasteiger partial charge in [-0.3, -0.25) is 0 Å². The summed E-state index contributed by atoms with van der Waals surface area (Å²) >= 11 is 11.7. The fourth-order valence-electron chi connectivity index (χ4n) is 1.56. The standard InChI is InChI=1S/C12H10Cl2FN3/c1-18(7-8-4-2-3-5-10(8)15)11-9(13)6-16-12(14)17-11/h2-6H,7H2,1H3. The van der Waals surface area contributed by atoms with Gasteiger partial charge >= 0.3 is 0 Å². The molecule has 0 amide bonds. The molecule has 6 heteroatoms. The minimum absolute atomic E-state index is 0.106. The lowest BCUT2D eigenvalue weighted by Crippen LogP contribution is -2.19. The largest absolute Gasteiger partial charge is 0.354 e. The third-order valence-electron chi connectivity index (χ3n) is 2.42. The van der Waals surface area contributed by atoms with E-state index in [1.165, 1.54) is 12.3 Å². The van der Waals surface area contributed by atoms with E-state index in [2.05, 4.69) is 9.97 Å². The Morgan fingerprint density at radius 1 is 1.28 bits per heavy atom. The van der Waals surface area contributed by atoms with Gasteiger partial charge in [-0.05, 0) is 17.7 Å². The molecular weight excluding hydrogens is 276 g/mol. The Labute approximate surface area is 114 Å². The summed E-state index contributed by atoms with van der Waals surface area (Å²) in [7, 11) is 1.76. The van der Waals surface area contributed by atoms with Gasteiger partial charge in [-0.2, -0.15) is 4.98 Å². The van der Waals surface area contributed by atoms with Gasteiger partial charge in [-0.1, -0.05) is 29.8 Å². The first kappa shape index (κ1) is 13.1. The number of hydrogen-bond acceptors (Lipinski definition) is 3. The zero-order valence-electron chi connectivity index (χ0n) is 9.57. The van der Waals surface area contributed by atoms with E-state index in [-0.39, 0.29) is 11.1 Å². The van der Waals surface area contributed by atoms with Crippen LogP contribution in [0.5, 0.6) is 0 Å². The molecule has 2 aromatic rings. The molecule has 18 heavy (non-hydrogen) atoms. The maximum Gasteiger partial charge on any atom is 0.224 e. The maximum absolute atomic E-state index is 13.5. The molecule has 1 aromatic heterocycles. The van der Waals surface area contributed by atoms with Crippen molar-refractivity contribution in [2.75, 3.05) is 11.9 Å². The highest BCUT2D eigenvalue weighted by molar-refractivity contribution is 6.33. The second-order valence-corrected chi connectivity index (χ2v) is 4.50. The summed E-state index contributed by atoms with van der Waals surface area (Å²) in [6.45, 7) is 0.347. The van der Waals surface area contributed by atoms with Gasteiger partial charge < -0.3 is 4.90 Å². The van der Waals surface area contributed by atoms with Gasteiger partial charge in [0.25, 0.3) is 0 Å². The number of benzene rings is 1. The Hall–Kier alpha value is -1.39. The highest BCUT2D eigenvalue weighted by Gasteiger charge is 2.11. The molecule has 0 aliphatic carbocycles. The molecule has 0 saturated carbocycles. The van der Waals surface area contributed by atoms with Crippen LogP contribution in [-0.4, -0.2) is 17.0 Å². The van der Waals surface area contributed by atoms with Gasteiger partial charge in [0.1, 0.15) is 10.8 Å². The van der Waals surface area contributed by atoms with Crippen molar-refractivity contribution < 1.29 is 4.39 Å². The van der Waals surface area contributed by atoms with Crippen LogP contribution in [-0.2, 0) is 6.54 Å². The van der Waals surface area contributed by atoms with E-state index in [0.717, 1.165) is 0 Å². The number of rotatable bonds is 3. The van der Waals surface area contributed by atoms with Crippen LogP contribution in [0.2, 0.25) is 10.3 Å². The van der Waals surface area contributed by atoms with Gasteiger partial charge in [0.15, 0.2) is 5.82 Å². The molecule has 2 rings (SSSR count). The van der Waals surface area contributed by atoms with Crippen LogP contribution in [0.25, 0.3) is 0 Å². The van der Waals surface area contributed by atoms with Crippen LogP contribution in [0.3, 0.4) is 0 Å². The molecule has 0 bridgehead atoms. The van der Waals surface area contributed by atoms with E-state index >= 15 is 0 Å². The van der Waals surface area contributed by atoms with Crippen LogP contribution in [0, 0.1) is 5.82 Å². The Morgan fingerprint density at radius 3 is 2.72 bits per heavy atom. The first-order valence-electron chi connectivity index (χ1n) is 5.20. The van der Waals surface area contributed by atoms with Crippen molar-refractivity contribution in [1.29, 1.82) is 0 Å². The van der Waals surface area contributed by atoms with E-state index in [9.17, 15) is 4.39 Å². The quantitative estimate of drug-likeness (QED) is 0.808. The van der Waals surface area contributed by atoms with E-state index in [1.807, 2.05) is 0 Å². The molecule has 0 radical (unpaired) electrons. The van der Waals surface area contributed by atoms with Crippen LogP contribution < -0.4 is 4.90 Å². The third-order valence-corrected chi connectivity index (χ3v) is 2.87. The lowest BCUT2D eigenvalue weighted by atomic mass is 10.2. The van der Waals surface area contributed by atoms with Gasteiger partial charge in [-0.25, -0.2) is 9.37 Å². The summed E-state index contributed by atoms with van der Waals surface area (Å²) in [5.74, 6) is 0.209. The monoisotopic (exact) mass is 285 g/mol. The molecule has 0 N–H and O–H groups in total. The van der Waals surface area contributed by atoms with Crippen molar-refractivity contribution in [3.05, 3.63) is 52.1 Å². The summed E-state index contributed by atoms with van der Waals surface area (Å²) in [6.07, 6.45) is 1.42. The van der Waals surface area contributed by atoms with Crippen molar-refractivity contribution in [3.8, 4) is 0 Å². The predicted molar refractivity (Wildman–Crippen MR) is 70.6 cm³/mol. The highest BCUT2D eigenvalue weighted by Crippen LogP contribution is 2.24. The van der Waals surface area contributed by atoms with Crippen molar-refractivity contribution >= 4 is 29.0 Å². The zero-order chi connectivity index (χ0) is 13.1. The molecule has 0 aliphatic rings. The van der Waals surface area contributed by atoms with Gasteiger partial charge in [-0.15, -0.1) is 0 Å². The normalized spacial score (nSPS) is 10.4. The summed E-state index contributed by atoms with van der Waals surface area (Å²) in [5, 5.41) is 0.480. The fraction of sp³-hybridized carbons (Fsp3) is 0.167. The minimum atomic E-state index is -0.263. The van der Waals surface area contributed by atoms with E-state index < -0.39 is 0 Å². The molecule has 94 valence electrons. The molecule has 1 heterocycles. The Bertz CT molecular complexity index is 563. The van der Waals surface area contributed by atoms with Crippen molar-refractivity contribution in [1.82, 2.24) is 9.97 Å². The average Bonchev–Trinajstić information content (AvgIpc) is 2.35. The van der Waals surface area contributed by atoms with Gasteiger partial charge in [0.05, 0.1) is 6.20 Å². The Kier molecular flexibility index (Phi) is 3.99. The first-order chi connectivity index (χ1) is 8.58. The summed E-state index contributed by atoms with van der Waals surface area (Å²) in [4.78, 5) is 9.51. The molecule has 0 atom stereocenters. The van der Waals surface area contributed by atoms with Crippen LogP contribution in [0.4, 0.5) is 10.2 Å². The lowest BCUT2D eigenvalue weighted by Gasteiger charge is -2.19. The van der Waals surface area contributed by atoms with Crippen LogP contribution >= 0.6 is 23.2 Å². The lowest BCUT2D eigenvalue weighted by molar-refractivity contribution is 0.607. The molecule has 0 saturated heterocycles. The van der Waals surface area contributed by atoms with Crippen molar-refractivity contribution in [3.63, 3.8) is 0 Å². The molecule has 3 nitrogen and oxygen atoms in total. The minimum Gasteiger partial charge on any atom is -0.354 e. The highest BCUT2D eigenvalue weighted by atomic mass is 35.5. The van der Waals surface area contributed by atoms with Gasteiger partial charge in [0.2, 0.25) is 5.28 Å². The molecule has 0 unspecified atom stereocenters. The number of anilines is 1. The summed E-state index contributed by atoms with van der Waals surface area (Å²) in [5.41, 5.74) is 0.561. The second-order valence-electron chi connectivity index (χ2n) is 3.76. The number of halogens is 3. The van der Waals surface area contributed by atoms with E-state index in [0.29, 0.717) is 22.9 Å². The number of hydrogen-bond donors (Lipinski definition) is 0. The Balaban J connectivity index is 2.25. The van der Waals surface area contributed by atoms with E-state index in [1.54, 1.807) is 30.1 Å². The van der Waals surface area contributed by atoms with Crippen molar-refractivity contribution in [2.45, 2.75) is 6.54 Å². The molecular formula is C12H10Cl2FN3. The van der Waals surface area contributed by atoms with E-state index in [4.69, 9.17) is 23.2 Å². The van der Waals surface area contributed by atoms with Crippen LogP contribution in [0.1, 0.15) is 5.56 Å². The van der Waals surface area contributed by atoms with Gasteiger partial charge in [0, 0.05) is 19.2 Å². The Morgan fingerprint density at radius 2 is 2.00 bits per heavy atom. The topological polar surface area (TPSA) is 29.0 Å². The smallest absolute Gasteiger partial charge is 0.224 e. The summed E-state index contributed by atoms with van der Waals surface area (Å²) in [6, 6.07) is 6.55. The molecule has 0 fully saturated rings.